The number of nitrogens with one attached hydrogen (secondary N) is 1. The first-order valence-corrected chi connectivity index (χ1v) is 7.95. The molecule has 106 valence electrons. The highest BCUT2D eigenvalue weighted by molar-refractivity contribution is 9.10. The molecule has 0 radical (unpaired) electrons. The molecule has 0 aliphatic carbocycles. The van der Waals surface area contributed by atoms with Crippen molar-refractivity contribution >= 4 is 33.6 Å². The van der Waals surface area contributed by atoms with Crippen molar-refractivity contribution in [1.82, 2.24) is 5.32 Å². The summed E-state index contributed by atoms with van der Waals surface area (Å²) < 4.78 is 1.02. The second-order valence-electron chi connectivity index (χ2n) is 4.77. The second kappa shape index (κ2) is 7.92. The molecule has 0 fully saturated rings. The van der Waals surface area contributed by atoms with E-state index in [0.717, 1.165) is 9.37 Å². The number of carbonyl (C=O) groups excluding carboxylic acids is 1. The fourth-order valence-corrected chi connectivity index (χ4v) is 2.51. The summed E-state index contributed by atoms with van der Waals surface area (Å²) in [6.07, 6.45) is -0.492. The summed E-state index contributed by atoms with van der Waals surface area (Å²) in [5, 5.41) is 12.2. The standard InChI is InChI=1S/C14H20BrNO2S/c1-9(2)13(17)8-16-14(18)10(3)19-12-6-4-11(15)5-7-12/h4-7,9-10,13,17H,8H2,1-3H3,(H,16,18). The molecule has 2 atom stereocenters. The van der Waals surface area contributed by atoms with Crippen LogP contribution in [0.4, 0.5) is 0 Å². The molecule has 0 aliphatic rings. The summed E-state index contributed by atoms with van der Waals surface area (Å²) in [7, 11) is 0. The zero-order chi connectivity index (χ0) is 14.4. The van der Waals surface area contributed by atoms with E-state index in [4.69, 9.17) is 0 Å². The highest BCUT2D eigenvalue weighted by Gasteiger charge is 2.16. The number of aliphatic hydroxyl groups excluding tert-OH is 1. The Labute approximate surface area is 127 Å². The van der Waals surface area contributed by atoms with Crippen molar-refractivity contribution in [1.29, 1.82) is 0 Å². The normalized spacial score (nSPS) is 14.2. The van der Waals surface area contributed by atoms with Crippen LogP contribution in [-0.2, 0) is 4.79 Å². The van der Waals surface area contributed by atoms with E-state index < -0.39 is 6.10 Å². The minimum atomic E-state index is -0.492. The molecule has 0 bridgehead atoms. The molecule has 0 aliphatic heterocycles. The van der Waals surface area contributed by atoms with Gasteiger partial charge >= 0.3 is 0 Å². The number of benzene rings is 1. The molecule has 1 amide bonds. The molecule has 0 saturated heterocycles. The minimum Gasteiger partial charge on any atom is -0.391 e. The summed E-state index contributed by atoms with van der Waals surface area (Å²) in [5.74, 6) is 0.0994. The predicted molar refractivity (Wildman–Crippen MR) is 83.3 cm³/mol. The van der Waals surface area contributed by atoms with Crippen molar-refractivity contribution in [3.63, 3.8) is 0 Å². The number of hydrogen-bond acceptors (Lipinski definition) is 3. The summed E-state index contributed by atoms with van der Waals surface area (Å²) in [6.45, 7) is 6.03. The van der Waals surface area contributed by atoms with Gasteiger partial charge in [0.2, 0.25) is 5.91 Å². The van der Waals surface area contributed by atoms with E-state index in [0.29, 0.717) is 6.54 Å². The van der Waals surface area contributed by atoms with Gasteiger partial charge in [0, 0.05) is 15.9 Å². The number of halogens is 1. The third-order valence-corrected chi connectivity index (χ3v) is 4.39. The van der Waals surface area contributed by atoms with Gasteiger partial charge in [-0.2, -0.15) is 0 Å². The Kier molecular flexibility index (Phi) is 6.89. The van der Waals surface area contributed by atoms with Crippen molar-refractivity contribution in [2.24, 2.45) is 5.92 Å². The molecule has 0 heterocycles. The van der Waals surface area contributed by atoms with Gasteiger partial charge in [0.25, 0.3) is 0 Å². The van der Waals surface area contributed by atoms with Crippen LogP contribution in [-0.4, -0.2) is 28.9 Å². The number of thioether (sulfide) groups is 1. The number of rotatable bonds is 6. The first-order valence-electron chi connectivity index (χ1n) is 6.28. The van der Waals surface area contributed by atoms with E-state index in [1.807, 2.05) is 45.0 Å². The van der Waals surface area contributed by atoms with Gasteiger partial charge in [-0.25, -0.2) is 0 Å². The van der Waals surface area contributed by atoms with E-state index in [1.54, 1.807) is 0 Å². The van der Waals surface area contributed by atoms with Crippen LogP contribution in [0.2, 0.25) is 0 Å². The highest BCUT2D eigenvalue weighted by Crippen LogP contribution is 2.24. The van der Waals surface area contributed by atoms with Gasteiger partial charge in [0.15, 0.2) is 0 Å². The largest absolute Gasteiger partial charge is 0.391 e. The van der Waals surface area contributed by atoms with Gasteiger partial charge < -0.3 is 10.4 Å². The quantitative estimate of drug-likeness (QED) is 0.779. The van der Waals surface area contributed by atoms with Crippen LogP contribution in [0.15, 0.2) is 33.6 Å². The number of hydrogen-bond donors (Lipinski definition) is 2. The maximum atomic E-state index is 11.9. The molecular weight excluding hydrogens is 326 g/mol. The third-order valence-electron chi connectivity index (χ3n) is 2.75. The molecule has 0 saturated carbocycles. The summed E-state index contributed by atoms with van der Waals surface area (Å²) in [5.41, 5.74) is 0. The zero-order valence-electron chi connectivity index (χ0n) is 11.4. The second-order valence-corrected chi connectivity index (χ2v) is 7.10. The third kappa shape index (κ3) is 5.97. The topological polar surface area (TPSA) is 49.3 Å². The summed E-state index contributed by atoms with van der Waals surface area (Å²) >= 11 is 4.88. The lowest BCUT2D eigenvalue weighted by atomic mass is 10.1. The Morgan fingerprint density at radius 1 is 1.32 bits per heavy atom. The van der Waals surface area contributed by atoms with E-state index in [9.17, 15) is 9.90 Å². The fourth-order valence-electron chi connectivity index (χ4n) is 1.36. The SMILES string of the molecule is CC(Sc1ccc(Br)cc1)C(=O)NCC(O)C(C)C. The molecule has 5 heteroatoms. The molecule has 3 nitrogen and oxygen atoms in total. The number of carbonyl (C=O) groups is 1. The van der Waals surface area contributed by atoms with Crippen LogP contribution in [0.25, 0.3) is 0 Å². The summed E-state index contributed by atoms with van der Waals surface area (Å²) in [6, 6.07) is 7.86. The molecular formula is C14H20BrNO2S. The van der Waals surface area contributed by atoms with Crippen LogP contribution in [0, 0.1) is 5.92 Å². The lowest BCUT2D eigenvalue weighted by molar-refractivity contribution is -0.120. The Morgan fingerprint density at radius 3 is 2.42 bits per heavy atom. The molecule has 1 aromatic carbocycles. The molecule has 0 aromatic heterocycles. The Balaban J connectivity index is 2.42. The average molecular weight is 346 g/mol. The van der Waals surface area contributed by atoms with Crippen LogP contribution in [0.5, 0.6) is 0 Å². The van der Waals surface area contributed by atoms with Crippen LogP contribution < -0.4 is 5.32 Å². The maximum Gasteiger partial charge on any atom is 0.233 e. The Bertz CT molecular complexity index is 408. The molecule has 2 unspecified atom stereocenters. The zero-order valence-corrected chi connectivity index (χ0v) is 13.8. The fraction of sp³-hybridized carbons (Fsp3) is 0.500. The number of aliphatic hydroxyl groups is 1. The van der Waals surface area contributed by atoms with Gasteiger partial charge in [0.05, 0.1) is 11.4 Å². The minimum absolute atomic E-state index is 0.0485. The highest BCUT2D eigenvalue weighted by atomic mass is 79.9. The summed E-state index contributed by atoms with van der Waals surface area (Å²) in [4.78, 5) is 12.9. The molecule has 0 spiro atoms. The molecule has 1 aromatic rings. The smallest absolute Gasteiger partial charge is 0.233 e. The molecule has 1 rings (SSSR count). The predicted octanol–water partition coefficient (Wildman–Crippen LogP) is 3.06. The van der Waals surface area contributed by atoms with E-state index in [1.165, 1.54) is 11.8 Å². The van der Waals surface area contributed by atoms with Crippen molar-refractivity contribution < 1.29 is 9.90 Å². The Hall–Kier alpha value is -0.520. The average Bonchev–Trinajstić information content (AvgIpc) is 2.37. The lowest BCUT2D eigenvalue weighted by Crippen LogP contribution is -2.38. The van der Waals surface area contributed by atoms with Gasteiger partial charge in [-0.05, 0) is 37.1 Å². The monoisotopic (exact) mass is 345 g/mol. The first-order chi connectivity index (χ1) is 8.90. The molecule has 2 N–H and O–H groups in total. The molecule has 19 heavy (non-hydrogen) atoms. The maximum absolute atomic E-state index is 11.9. The first kappa shape index (κ1) is 16.5. The van der Waals surface area contributed by atoms with Gasteiger partial charge in [0.1, 0.15) is 0 Å². The van der Waals surface area contributed by atoms with E-state index in [2.05, 4.69) is 21.2 Å². The van der Waals surface area contributed by atoms with Gasteiger partial charge in [-0.3, -0.25) is 4.79 Å². The lowest BCUT2D eigenvalue weighted by Gasteiger charge is -2.17. The Morgan fingerprint density at radius 2 is 1.89 bits per heavy atom. The van der Waals surface area contributed by atoms with Crippen LogP contribution in [0.3, 0.4) is 0 Å². The van der Waals surface area contributed by atoms with Crippen LogP contribution in [0.1, 0.15) is 20.8 Å². The number of amides is 1. The van der Waals surface area contributed by atoms with Crippen molar-refractivity contribution in [3.05, 3.63) is 28.7 Å². The van der Waals surface area contributed by atoms with E-state index >= 15 is 0 Å². The van der Waals surface area contributed by atoms with Crippen molar-refractivity contribution in [2.75, 3.05) is 6.54 Å². The van der Waals surface area contributed by atoms with Crippen LogP contribution >= 0.6 is 27.7 Å². The van der Waals surface area contributed by atoms with Gasteiger partial charge in [-0.1, -0.05) is 29.8 Å². The van der Waals surface area contributed by atoms with Crippen molar-refractivity contribution in [3.8, 4) is 0 Å². The van der Waals surface area contributed by atoms with E-state index in [-0.39, 0.29) is 17.1 Å². The van der Waals surface area contributed by atoms with Crippen molar-refractivity contribution in [2.45, 2.75) is 37.0 Å². The van der Waals surface area contributed by atoms with Gasteiger partial charge in [-0.15, -0.1) is 11.8 Å².